The summed E-state index contributed by atoms with van der Waals surface area (Å²) < 4.78 is 11.4. The average molecular weight is 532 g/mol. The van der Waals surface area contributed by atoms with Crippen molar-refractivity contribution in [2.24, 2.45) is 0 Å². The third-order valence-electron chi connectivity index (χ3n) is 5.45. The first-order valence-electron chi connectivity index (χ1n) is 12.1. The van der Waals surface area contributed by atoms with Crippen molar-refractivity contribution in [3.8, 4) is 16.9 Å². The van der Waals surface area contributed by atoms with E-state index in [1.54, 1.807) is 18.2 Å². The number of aliphatic hydroxyl groups is 1. The third-order valence-corrected chi connectivity index (χ3v) is 5.45. The summed E-state index contributed by atoms with van der Waals surface area (Å²) in [7, 11) is 0. The van der Waals surface area contributed by atoms with E-state index >= 15 is 0 Å². The van der Waals surface area contributed by atoms with E-state index in [1.807, 2.05) is 48.5 Å². The van der Waals surface area contributed by atoms with Gasteiger partial charge in [0.2, 0.25) is 0 Å². The topological polar surface area (TPSA) is 146 Å². The van der Waals surface area contributed by atoms with Crippen molar-refractivity contribution in [3.63, 3.8) is 0 Å². The number of carbonyl (C=O) groups is 2. The lowest BCUT2D eigenvalue weighted by molar-refractivity contribution is -0.134. The second kappa shape index (κ2) is 14.9. The summed E-state index contributed by atoms with van der Waals surface area (Å²) in [5.41, 5.74) is 2.98. The van der Waals surface area contributed by atoms with E-state index in [0.29, 0.717) is 41.0 Å². The van der Waals surface area contributed by atoms with Crippen molar-refractivity contribution < 1.29 is 34.1 Å². The Balaban J connectivity index is 0.000000459. The van der Waals surface area contributed by atoms with Crippen LogP contribution in [0.3, 0.4) is 0 Å². The normalized spacial score (nSPS) is 11.5. The van der Waals surface area contributed by atoms with E-state index in [1.165, 1.54) is 11.8 Å². The number of aliphatic carboxylic acids is 2. The largest absolute Gasteiger partial charge is 0.491 e. The molecule has 202 valence electrons. The highest BCUT2D eigenvalue weighted by Crippen LogP contribution is 2.23. The molecule has 0 saturated heterocycles. The Kier molecular flexibility index (Phi) is 11.0. The first-order valence-corrected chi connectivity index (χ1v) is 12.1. The maximum absolute atomic E-state index is 12.8. The molecule has 0 spiro atoms. The van der Waals surface area contributed by atoms with E-state index in [4.69, 9.17) is 19.4 Å². The number of benzene rings is 3. The summed E-state index contributed by atoms with van der Waals surface area (Å²) in [6, 6.07) is 24.8. The van der Waals surface area contributed by atoms with Crippen LogP contribution in [0.15, 0.2) is 106 Å². The first-order chi connectivity index (χ1) is 18.8. The van der Waals surface area contributed by atoms with Gasteiger partial charge in [0.05, 0.1) is 10.9 Å². The van der Waals surface area contributed by atoms with Gasteiger partial charge in [-0.05, 0) is 36.2 Å². The van der Waals surface area contributed by atoms with E-state index in [0.717, 1.165) is 18.5 Å². The van der Waals surface area contributed by atoms with Gasteiger partial charge < -0.3 is 29.8 Å². The highest BCUT2D eigenvalue weighted by Gasteiger charge is 2.11. The molecule has 39 heavy (non-hydrogen) atoms. The van der Waals surface area contributed by atoms with Crippen LogP contribution in [0.1, 0.15) is 5.56 Å². The molecule has 0 amide bonds. The molecule has 1 unspecified atom stereocenters. The molecule has 9 nitrogen and oxygen atoms in total. The van der Waals surface area contributed by atoms with Gasteiger partial charge in [-0.15, -0.1) is 0 Å². The second-order valence-corrected chi connectivity index (χ2v) is 8.42. The van der Waals surface area contributed by atoms with Crippen molar-refractivity contribution in [2.45, 2.75) is 12.5 Å². The molecule has 1 aromatic heterocycles. The zero-order chi connectivity index (χ0) is 28.0. The fourth-order valence-electron chi connectivity index (χ4n) is 3.56. The van der Waals surface area contributed by atoms with Crippen LogP contribution in [-0.4, -0.2) is 53.1 Å². The van der Waals surface area contributed by atoms with Gasteiger partial charge in [-0.3, -0.25) is 4.79 Å². The monoisotopic (exact) mass is 531 g/mol. The predicted octanol–water partition coefficient (Wildman–Crippen LogP) is 3.74. The molecule has 4 rings (SSSR count). The maximum Gasteiger partial charge on any atom is 0.328 e. The van der Waals surface area contributed by atoms with Gasteiger partial charge in [0, 0.05) is 24.8 Å². The predicted molar refractivity (Wildman–Crippen MR) is 147 cm³/mol. The minimum atomic E-state index is -1.26. The molecule has 4 N–H and O–H groups in total. The highest BCUT2D eigenvalue weighted by molar-refractivity contribution is 5.89. The molecule has 0 bridgehead atoms. The van der Waals surface area contributed by atoms with E-state index in [9.17, 15) is 19.5 Å². The molecule has 0 aliphatic rings. The van der Waals surface area contributed by atoms with Crippen molar-refractivity contribution >= 4 is 22.9 Å². The molecule has 0 fully saturated rings. The molecule has 4 aromatic rings. The molecule has 0 aliphatic heterocycles. The number of ether oxygens (including phenoxy) is 1. The summed E-state index contributed by atoms with van der Waals surface area (Å²) in [4.78, 5) is 31.9. The van der Waals surface area contributed by atoms with Crippen LogP contribution in [0, 0.1) is 0 Å². The van der Waals surface area contributed by atoms with Crippen LogP contribution in [0.5, 0.6) is 5.75 Å². The van der Waals surface area contributed by atoms with Gasteiger partial charge in [-0.1, -0.05) is 60.7 Å². The Hall–Kier alpha value is -4.73. The third kappa shape index (κ3) is 9.58. The summed E-state index contributed by atoms with van der Waals surface area (Å²) in [5.74, 6) is -1.97. The number of hydrogen-bond donors (Lipinski definition) is 4. The summed E-state index contributed by atoms with van der Waals surface area (Å²) >= 11 is 0. The van der Waals surface area contributed by atoms with Gasteiger partial charge in [0.25, 0.3) is 0 Å². The van der Waals surface area contributed by atoms with E-state index in [2.05, 4.69) is 17.4 Å². The standard InChI is InChI=1S/C26H25NO4.C4H4O4/c28-21(16-27-14-13-19-7-3-1-4-8-19)17-30-22-11-12-23-25(15-22)31-18-24(26(23)29)20-9-5-2-6-10-20;5-3(6)1-2-4(7)8/h1-12,15,18,21,27-28H,13-14,16-17H2;1-2H,(H,5,6)(H,7,8)/b;2-1-. The Morgan fingerprint density at radius 3 is 2.21 bits per heavy atom. The number of rotatable bonds is 11. The molecule has 3 aromatic carbocycles. The highest BCUT2D eigenvalue weighted by atomic mass is 16.5. The lowest BCUT2D eigenvalue weighted by Crippen LogP contribution is -2.32. The zero-order valence-electron chi connectivity index (χ0n) is 21.0. The van der Waals surface area contributed by atoms with Crippen LogP contribution in [0.2, 0.25) is 0 Å². The molecule has 0 radical (unpaired) electrons. The lowest BCUT2D eigenvalue weighted by Gasteiger charge is -2.13. The molecular weight excluding hydrogens is 502 g/mol. The number of aliphatic hydroxyl groups excluding tert-OH is 1. The minimum absolute atomic E-state index is 0.0818. The smallest absolute Gasteiger partial charge is 0.328 e. The molecule has 0 saturated carbocycles. The lowest BCUT2D eigenvalue weighted by atomic mass is 10.1. The van der Waals surface area contributed by atoms with Gasteiger partial charge in [-0.2, -0.15) is 0 Å². The van der Waals surface area contributed by atoms with Gasteiger partial charge in [0.1, 0.15) is 30.3 Å². The van der Waals surface area contributed by atoms with Crippen LogP contribution >= 0.6 is 0 Å². The number of nitrogens with one attached hydrogen (secondary N) is 1. The second-order valence-electron chi connectivity index (χ2n) is 8.42. The zero-order valence-corrected chi connectivity index (χ0v) is 21.0. The maximum atomic E-state index is 12.8. The van der Waals surface area contributed by atoms with Gasteiger partial charge in [0.15, 0.2) is 5.43 Å². The van der Waals surface area contributed by atoms with Crippen molar-refractivity contribution in [2.75, 3.05) is 19.7 Å². The molecular formula is C30H29NO8. The van der Waals surface area contributed by atoms with Crippen molar-refractivity contribution in [1.82, 2.24) is 5.32 Å². The Morgan fingerprint density at radius 1 is 0.923 bits per heavy atom. The summed E-state index contributed by atoms with van der Waals surface area (Å²) in [6.45, 7) is 1.37. The van der Waals surface area contributed by atoms with Crippen LogP contribution in [0.4, 0.5) is 0 Å². The SMILES string of the molecule is O=C(O)/C=C\C(=O)O.O=c1c(-c2ccccc2)coc2cc(OCC(O)CNCCc3ccccc3)ccc12. The Morgan fingerprint density at radius 2 is 1.56 bits per heavy atom. The molecule has 0 aliphatic carbocycles. The van der Waals surface area contributed by atoms with Gasteiger partial charge >= 0.3 is 11.9 Å². The molecule has 1 atom stereocenters. The van der Waals surface area contributed by atoms with Crippen LogP contribution in [0.25, 0.3) is 22.1 Å². The fraction of sp³-hybridized carbons (Fsp3) is 0.167. The van der Waals surface area contributed by atoms with Crippen LogP contribution in [-0.2, 0) is 16.0 Å². The van der Waals surface area contributed by atoms with Crippen LogP contribution < -0.4 is 15.5 Å². The van der Waals surface area contributed by atoms with E-state index < -0.39 is 18.0 Å². The summed E-state index contributed by atoms with van der Waals surface area (Å²) in [6.07, 6.45) is 2.86. The minimum Gasteiger partial charge on any atom is -0.491 e. The Bertz CT molecular complexity index is 1430. The van der Waals surface area contributed by atoms with Crippen molar-refractivity contribution in [1.29, 1.82) is 0 Å². The van der Waals surface area contributed by atoms with E-state index in [-0.39, 0.29) is 12.0 Å². The number of fused-ring (bicyclic) bond motifs is 1. The molecule has 9 heteroatoms. The molecule has 1 heterocycles. The van der Waals surface area contributed by atoms with Gasteiger partial charge in [-0.25, -0.2) is 9.59 Å². The quantitative estimate of drug-likeness (QED) is 0.168. The average Bonchev–Trinajstić information content (AvgIpc) is 2.94. The first kappa shape index (κ1) is 28.8. The van der Waals surface area contributed by atoms with Crippen molar-refractivity contribution in [3.05, 3.63) is 113 Å². The summed E-state index contributed by atoms with van der Waals surface area (Å²) in [5, 5.41) is 29.5. The number of carboxylic acid groups (broad SMARTS) is 2. The fourth-order valence-corrected chi connectivity index (χ4v) is 3.56. The number of carboxylic acids is 2. The Labute approximate surface area is 224 Å². The number of hydrogen-bond acceptors (Lipinski definition) is 7.